The number of rotatable bonds is 5. The van der Waals surface area contributed by atoms with Crippen LogP contribution in [-0.4, -0.2) is 17.4 Å². The SMILES string of the molecule is O=C(CNc1cccc([N+](=O)[O-])c1)Nc1ccc2c(c1)CCC2. The summed E-state index contributed by atoms with van der Waals surface area (Å²) >= 11 is 0. The van der Waals surface area contributed by atoms with E-state index in [0.29, 0.717) is 5.69 Å². The third-order valence-corrected chi connectivity index (χ3v) is 3.89. The summed E-state index contributed by atoms with van der Waals surface area (Å²) in [7, 11) is 0. The average molecular weight is 311 g/mol. The Kier molecular flexibility index (Phi) is 4.23. The van der Waals surface area contributed by atoms with Gasteiger partial charge in [0.15, 0.2) is 0 Å². The van der Waals surface area contributed by atoms with Gasteiger partial charge in [0.25, 0.3) is 5.69 Å². The average Bonchev–Trinajstić information content (AvgIpc) is 3.01. The van der Waals surface area contributed by atoms with E-state index in [-0.39, 0.29) is 18.1 Å². The lowest BCUT2D eigenvalue weighted by Crippen LogP contribution is -2.21. The van der Waals surface area contributed by atoms with E-state index in [1.165, 1.54) is 29.7 Å². The lowest BCUT2D eigenvalue weighted by Gasteiger charge is -2.09. The summed E-state index contributed by atoms with van der Waals surface area (Å²) in [6.45, 7) is 0.0538. The zero-order valence-electron chi connectivity index (χ0n) is 12.5. The number of anilines is 2. The van der Waals surface area contributed by atoms with Gasteiger partial charge in [-0.25, -0.2) is 0 Å². The molecule has 0 heterocycles. The van der Waals surface area contributed by atoms with Crippen molar-refractivity contribution >= 4 is 23.0 Å². The van der Waals surface area contributed by atoms with Gasteiger partial charge in [-0.05, 0) is 48.6 Å². The monoisotopic (exact) mass is 311 g/mol. The number of carbonyl (C=O) groups excluding carboxylic acids is 1. The van der Waals surface area contributed by atoms with Crippen LogP contribution in [0.1, 0.15) is 17.5 Å². The first-order valence-electron chi connectivity index (χ1n) is 7.52. The molecule has 0 bridgehead atoms. The van der Waals surface area contributed by atoms with Gasteiger partial charge in [0.05, 0.1) is 11.5 Å². The number of hydrogen-bond donors (Lipinski definition) is 2. The highest BCUT2D eigenvalue weighted by atomic mass is 16.6. The molecule has 0 fully saturated rings. The lowest BCUT2D eigenvalue weighted by molar-refractivity contribution is -0.384. The van der Waals surface area contributed by atoms with Crippen LogP contribution < -0.4 is 10.6 Å². The van der Waals surface area contributed by atoms with E-state index in [4.69, 9.17) is 0 Å². The number of nitrogens with one attached hydrogen (secondary N) is 2. The van der Waals surface area contributed by atoms with Gasteiger partial charge in [0.1, 0.15) is 0 Å². The first kappa shape index (κ1) is 15.0. The van der Waals surface area contributed by atoms with Crippen LogP contribution in [0.3, 0.4) is 0 Å². The predicted molar refractivity (Wildman–Crippen MR) is 88.7 cm³/mol. The van der Waals surface area contributed by atoms with Gasteiger partial charge in [-0.15, -0.1) is 0 Å². The largest absolute Gasteiger partial charge is 0.376 e. The Hall–Kier alpha value is -2.89. The minimum absolute atomic E-state index is 0.00553. The Bertz CT molecular complexity index is 758. The fraction of sp³-hybridized carbons (Fsp3) is 0.235. The molecule has 0 saturated carbocycles. The Morgan fingerprint density at radius 2 is 1.91 bits per heavy atom. The molecule has 0 unspecified atom stereocenters. The van der Waals surface area contributed by atoms with Gasteiger partial charge in [-0.1, -0.05) is 12.1 Å². The maximum absolute atomic E-state index is 12.0. The second kappa shape index (κ2) is 6.48. The molecule has 23 heavy (non-hydrogen) atoms. The van der Waals surface area contributed by atoms with Crippen molar-refractivity contribution in [1.82, 2.24) is 0 Å². The van der Waals surface area contributed by atoms with E-state index < -0.39 is 4.92 Å². The first-order chi connectivity index (χ1) is 11.1. The van der Waals surface area contributed by atoms with Crippen molar-refractivity contribution in [3.8, 4) is 0 Å². The number of nitrogens with zero attached hydrogens (tertiary/aromatic N) is 1. The van der Waals surface area contributed by atoms with E-state index in [1.807, 2.05) is 12.1 Å². The van der Waals surface area contributed by atoms with E-state index in [0.717, 1.165) is 18.5 Å². The predicted octanol–water partition coefficient (Wildman–Crippen LogP) is 3.13. The molecule has 2 aromatic rings. The number of amides is 1. The Morgan fingerprint density at radius 3 is 2.74 bits per heavy atom. The molecule has 6 heteroatoms. The third kappa shape index (κ3) is 3.66. The van der Waals surface area contributed by atoms with Crippen molar-refractivity contribution in [3.05, 3.63) is 63.7 Å². The highest BCUT2D eigenvalue weighted by molar-refractivity contribution is 5.93. The van der Waals surface area contributed by atoms with Crippen LogP contribution in [0.15, 0.2) is 42.5 Å². The van der Waals surface area contributed by atoms with Gasteiger partial charge in [-0.2, -0.15) is 0 Å². The molecule has 3 rings (SSSR count). The first-order valence-corrected chi connectivity index (χ1v) is 7.52. The number of aryl methyl sites for hydroxylation is 2. The van der Waals surface area contributed by atoms with Crippen molar-refractivity contribution in [2.45, 2.75) is 19.3 Å². The van der Waals surface area contributed by atoms with Crippen LogP contribution in [0.25, 0.3) is 0 Å². The fourth-order valence-electron chi connectivity index (χ4n) is 2.77. The second-order valence-electron chi connectivity index (χ2n) is 5.55. The number of hydrogen-bond acceptors (Lipinski definition) is 4. The number of carbonyl (C=O) groups is 1. The Labute approximate surface area is 133 Å². The standard InChI is InChI=1S/C17H17N3O3/c21-17(11-18-14-5-2-6-16(10-14)20(22)23)19-15-8-7-12-3-1-4-13(12)9-15/h2,5-10,18H,1,3-4,11H2,(H,19,21). The van der Waals surface area contributed by atoms with Gasteiger partial charge < -0.3 is 10.6 Å². The second-order valence-corrected chi connectivity index (χ2v) is 5.55. The zero-order chi connectivity index (χ0) is 16.2. The summed E-state index contributed by atoms with van der Waals surface area (Å²) in [5.74, 6) is -0.186. The fourth-order valence-corrected chi connectivity index (χ4v) is 2.77. The molecular weight excluding hydrogens is 294 g/mol. The number of non-ortho nitro benzene ring substituents is 1. The molecule has 0 saturated heterocycles. The summed E-state index contributed by atoms with van der Waals surface area (Å²) in [4.78, 5) is 22.3. The van der Waals surface area contributed by atoms with Crippen molar-refractivity contribution < 1.29 is 9.72 Å². The molecule has 0 aromatic heterocycles. The Morgan fingerprint density at radius 1 is 1.09 bits per heavy atom. The molecule has 2 N–H and O–H groups in total. The summed E-state index contributed by atoms with van der Waals surface area (Å²) in [5.41, 5.74) is 3.99. The number of fused-ring (bicyclic) bond motifs is 1. The summed E-state index contributed by atoms with van der Waals surface area (Å²) in [6.07, 6.45) is 3.34. The topological polar surface area (TPSA) is 84.3 Å². The molecule has 0 radical (unpaired) electrons. The van der Waals surface area contributed by atoms with Crippen LogP contribution in [0.4, 0.5) is 17.1 Å². The minimum atomic E-state index is -0.463. The highest BCUT2D eigenvalue weighted by Gasteiger charge is 2.12. The molecule has 1 aliphatic rings. The van der Waals surface area contributed by atoms with Crippen molar-refractivity contribution in [2.75, 3.05) is 17.2 Å². The van der Waals surface area contributed by atoms with Gasteiger partial charge >= 0.3 is 0 Å². The maximum Gasteiger partial charge on any atom is 0.271 e. The minimum Gasteiger partial charge on any atom is -0.376 e. The smallest absolute Gasteiger partial charge is 0.271 e. The maximum atomic E-state index is 12.0. The molecule has 0 spiro atoms. The Balaban J connectivity index is 1.57. The van der Waals surface area contributed by atoms with Crippen molar-refractivity contribution in [1.29, 1.82) is 0 Å². The molecule has 0 atom stereocenters. The molecule has 1 amide bonds. The molecule has 0 aliphatic heterocycles. The van der Waals surface area contributed by atoms with Crippen LogP contribution in [0, 0.1) is 10.1 Å². The molecule has 1 aliphatic carbocycles. The molecule has 118 valence electrons. The van der Waals surface area contributed by atoms with Crippen LogP contribution in [0.2, 0.25) is 0 Å². The molecule has 2 aromatic carbocycles. The van der Waals surface area contributed by atoms with Crippen LogP contribution in [-0.2, 0) is 17.6 Å². The van der Waals surface area contributed by atoms with E-state index in [2.05, 4.69) is 16.7 Å². The number of benzene rings is 2. The van der Waals surface area contributed by atoms with Crippen molar-refractivity contribution in [3.63, 3.8) is 0 Å². The van der Waals surface area contributed by atoms with E-state index in [9.17, 15) is 14.9 Å². The highest BCUT2D eigenvalue weighted by Crippen LogP contribution is 2.24. The van der Waals surface area contributed by atoms with Crippen LogP contribution >= 0.6 is 0 Å². The van der Waals surface area contributed by atoms with E-state index >= 15 is 0 Å². The quantitative estimate of drug-likeness (QED) is 0.656. The van der Waals surface area contributed by atoms with E-state index in [1.54, 1.807) is 12.1 Å². The van der Waals surface area contributed by atoms with Crippen LogP contribution in [0.5, 0.6) is 0 Å². The van der Waals surface area contributed by atoms with Gasteiger partial charge in [0, 0.05) is 23.5 Å². The molecular formula is C17H17N3O3. The number of nitro benzene ring substituents is 1. The van der Waals surface area contributed by atoms with Crippen molar-refractivity contribution in [2.24, 2.45) is 0 Å². The summed E-state index contributed by atoms with van der Waals surface area (Å²) in [6, 6.07) is 12.1. The lowest BCUT2D eigenvalue weighted by atomic mass is 10.1. The summed E-state index contributed by atoms with van der Waals surface area (Å²) in [5, 5.41) is 16.5. The number of nitro groups is 1. The van der Waals surface area contributed by atoms with Gasteiger partial charge in [-0.3, -0.25) is 14.9 Å². The normalized spacial score (nSPS) is 12.5. The molecule has 6 nitrogen and oxygen atoms in total. The third-order valence-electron chi connectivity index (χ3n) is 3.89. The van der Waals surface area contributed by atoms with Gasteiger partial charge in [0.2, 0.25) is 5.91 Å². The summed E-state index contributed by atoms with van der Waals surface area (Å²) < 4.78 is 0. The zero-order valence-corrected chi connectivity index (χ0v) is 12.5.